The standard InChI is InChI=1S/C15H18N2O2/c1-11(18)12-3-2-4-15(7-12)19-9-14-8-16-10-17(14)13-5-6-13/h2-4,7-8,10-11,13,18H,5-6,9H2,1H3/t11-/m1/s1. The Bertz CT molecular complexity index is 559. The van der Waals surface area contributed by atoms with Gasteiger partial charge in [-0.05, 0) is 37.5 Å². The normalized spacial score (nSPS) is 16.3. The summed E-state index contributed by atoms with van der Waals surface area (Å²) in [5, 5.41) is 9.56. The smallest absolute Gasteiger partial charge is 0.130 e. The maximum Gasteiger partial charge on any atom is 0.130 e. The number of hydrogen-bond acceptors (Lipinski definition) is 3. The zero-order chi connectivity index (χ0) is 13.2. The van der Waals surface area contributed by atoms with Crippen LogP contribution in [0.15, 0.2) is 36.8 Å². The van der Waals surface area contributed by atoms with Gasteiger partial charge in [0.05, 0.1) is 24.3 Å². The van der Waals surface area contributed by atoms with Gasteiger partial charge < -0.3 is 14.4 Å². The summed E-state index contributed by atoms with van der Waals surface area (Å²) in [7, 11) is 0. The van der Waals surface area contributed by atoms with Crippen molar-refractivity contribution >= 4 is 0 Å². The average molecular weight is 258 g/mol. The van der Waals surface area contributed by atoms with E-state index in [-0.39, 0.29) is 0 Å². The largest absolute Gasteiger partial charge is 0.487 e. The van der Waals surface area contributed by atoms with Crippen molar-refractivity contribution in [3.05, 3.63) is 48.0 Å². The van der Waals surface area contributed by atoms with E-state index >= 15 is 0 Å². The van der Waals surface area contributed by atoms with E-state index in [1.54, 1.807) is 6.92 Å². The van der Waals surface area contributed by atoms with Crippen LogP contribution in [-0.2, 0) is 6.61 Å². The van der Waals surface area contributed by atoms with Crippen molar-refractivity contribution in [3.8, 4) is 5.75 Å². The Hall–Kier alpha value is -1.81. The van der Waals surface area contributed by atoms with Crippen molar-refractivity contribution in [1.82, 2.24) is 9.55 Å². The van der Waals surface area contributed by atoms with Crippen LogP contribution in [0.1, 0.15) is 43.2 Å². The number of hydrogen-bond donors (Lipinski definition) is 1. The molecule has 1 aromatic carbocycles. The van der Waals surface area contributed by atoms with Gasteiger partial charge in [0.25, 0.3) is 0 Å². The van der Waals surface area contributed by atoms with Crippen LogP contribution in [0.3, 0.4) is 0 Å². The molecule has 0 saturated heterocycles. The van der Waals surface area contributed by atoms with Gasteiger partial charge in [0.15, 0.2) is 0 Å². The molecule has 0 unspecified atom stereocenters. The summed E-state index contributed by atoms with van der Waals surface area (Å²) in [6.07, 6.45) is 5.74. The molecule has 0 spiro atoms. The minimum atomic E-state index is -0.472. The van der Waals surface area contributed by atoms with Crippen LogP contribution in [0, 0.1) is 0 Å². The zero-order valence-corrected chi connectivity index (χ0v) is 11.0. The molecule has 1 heterocycles. The second-order valence-electron chi connectivity index (χ2n) is 5.06. The Labute approximate surface area is 112 Å². The summed E-state index contributed by atoms with van der Waals surface area (Å²) in [4.78, 5) is 4.18. The van der Waals surface area contributed by atoms with Crippen LogP contribution in [0.2, 0.25) is 0 Å². The summed E-state index contributed by atoms with van der Waals surface area (Å²) in [6, 6.07) is 8.19. The molecule has 0 aliphatic heterocycles. The van der Waals surface area contributed by atoms with E-state index in [0.29, 0.717) is 12.6 Å². The fourth-order valence-corrected chi connectivity index (χ4v) is 2.15. The topological polar surface area (TPSA) is 47.3 Å². The third-order valence-corrected chi connectivity index (χ3v) is 3.41. The van der Waals surface area contributed by atoms with Crippen LogP contribution in [0.4, 0.5) is 0 Å². The molecule has 0 amide bonds. The number of ether oxygens (including phenoxy) is 1. The molecule has 100 valence electrons. The lowest BCUT2D eigenvalue weighted by Crippen LogP contribution is -2.04. The molecule has 2 aromatic rings. The Morgan fingerprint density at radius 2 is 2.32 bits per heavy atom. The Morgan fingerprint density at radius 3 is 3.05 bits per heavy atom. The Morgan fingerprint density at radius 1 is 1.47 bits per heavy atom. The molecule has 0 radical (unpaired) electrons. The van der Waals surface area contributed by atoms with E-state index in [1.807, 2.05) is 36.8 Å². The molecule has 1 N–H and O–H groups in total. The predicted molar refractivity (Wildman–Crippen MR) is 71.9 cm³/mol. The zero-order valence-electron chi connectivity index (χ0n) is 11.0. The summed E-state index contributed by atoms with van der Waals surface area (Å²) < 4.78 is 7.98. The number of aliphatic hydroxyl groups excluding tert-OH is 1. The summed E-state index contributed by atoms with van der Waals surface area (Å²) in [5.74, 6) is 0.780. The van der Waals surface area contributed by atoms with E-state index in [0.717, 1.165) is 17.0 Å². The molecule has 4 nitrogen and oxygen atoms in total. The highest BCUT2D eigenvalue weighted by molar-refractivity contribution is 5.29. The van der Waals surface area contributed by atoms with Crippen LogP contribution in [0.5, 0.6) is 5.75 Å². The molecule has 1 saturated carbocycles. The number of benzene rings is 1. The molecule has 0 bridgehead atoms. The summed E-state index contributed by atoms with van der Waals surface area (Å²) in [5.41, 5.74) is 1.97. The fourth-order valence-electron chi connectivity index (χ4n) is 2.15. The maximum atomic E-state index is 9.56. The second kappa shape index (κ2) is 5.05. The van der Waals surface area contributed by atoms with Gasteiger partial charge in [0, 0.05) is 6.04 Å². The minimum absolute atomic E-state index is 0.472. The quantitative estimate of drug-likeness (QED) is 0.897. The Balaban J connectivity index is 1.68. The molecule has 1 fully saturated rings. The molecule has 4 heteroatoms. The summed E-state index contributed by atoms with van der Waals surface area (Å²) in [6.45, 7) is 2.26. The van der Waals surface area contributed by atoms with Crippen LogP contribution >= 0.6 is 0 Å². The molecule has 19 heavy (non-hydrogen) atoms. The van der Waals surface area contributed by atoms with E-state index in [4.69, 9.17) is 4.74 Å². The number of aliphatic hydroxyl groups is 1. The predicted octanol–water partition coefficient (Wildman–Crippen LogP) is 2.85. The average Bonchev–Trinajstić information content (AvgIpc) is 3.16. The minimum Gasteiger partial charge on any atom is -0.487 e. The number of imidazole rings is 1. The van der Waals surface area contributed by atoms with E-state index in [1.165, 1.54) is 12.8 Å². The van der Waals surface area contributed by atoms with Gasteiger partial charge >= 0.3 is 0 Å². The number of rotatable bonds is 5. The second-order valence-corrected chi connectivity index (χ2v) is 5.06. The maximum absolute atomic E-state index is 9.56. The van der Waals surface area contributed by atoms with Crippen LogP contribution in [0.25, 0.3) is 0 Å². The van der Waals surface area contributed by atoms with Crippen molar-refractivity contribution in [2.75, 3.05) is 0 Å². The van der Waals surface area contributed by atoms with Gasteiger partial charge in [0.2, 0.25) is 0 Å². The number of aromatic nitrogens is 2. The van der Waals surface area contributed by atoms with Crippen LogP contribution < -0.4 is 4.74 Å². The first-order chi connectivity index (χ1) is 9.24. The van der Waals surface area contributed by atoms with Crippen molar-refractivity contribution in [2.45, 2.75) is 38.5 Å². The molecular formula is C15H18N2O2. The van der Waals surface area contributed by atoms with Gasteiger partial charge in [-0.15, -0.1) is 0 Å². The molecule has 1 aromatic heterocycles. The molecule has 1 aliphatic rings. The molecule has 3 rings (SSSR count). The highest BCUT2D eigenvalue weighted by Gasteiger charge is 2.25. The van der Waals surface area contributed by atoms with Crippen molar-refractivity contribution in [1.29, 1.82) is 0 Å². The van der Waals surface area contributed by atoms with E-state index < -0.39 is 6.10 Å². The van der Waals surface area contributed by atoms with Gasteiger partial charge in [-0.25, -0.2) is 4.98 Å². The monoisotopic (exact) mass is 258 g/mol. The van der Waals surface area contributed by atoms with Crippen molar-refractivity contribution in [2.24, 2.45) is 0 Å². The molecule has 1 aliphatic carbocycles. The van der Waals surface area contributed by atoms with Crippen molar-refractivity contribution < 1.29 is 9.84 Å². The first kappa shape index (κ1) is 12.2. The third-order valence-electron chi connectivity index (χ3n) is 3.41. The lowest BCUT2D eigenvalue weighted by atomic mass is 10.1. The SMILES string of the molecule is C[C@@H](O)c1cccc(OCc2cncn2C2CC2)c1. The van der Waals surface area contributed by atoms with Crippen LogP contribution in [-0.4, -0.2) is 14.7 Å². The highest BCUT2D eigenvalue weighted by Crippen LogP contribution is 2.35. The van der Waals surface area contributed by atoms with E-state index in [9.17, 15) is 5.11 Å². The molecular weight excluding hydrogens is 240 g/mol. The Kier molecular flexibility index (Phi) is 3.25. The summed E-state index contributed by atoms with van der Waals surface area (Å²) >= 11 is 0. The highest BCUT2D eigenvalue weighted by atomic mass is 16.5. The van der Waals surface area contributed by atoms with Crippen molar-refractivity contribution in [3.63, 3.8) is 0 Å². The first-order valence-corrected chi connectivity index (χ1v) is 6.65. The van der Waals surface area contributed by atoms with Gasteiger partial charge in [-0.1, -0.05) is 12.1 Å². The van der Waals surface area contributed by atoms with Gasteiger partial charge in [0.1, 0.15) is 12.4 Å². The third kappa shape index (κ3) is 2.79. The van der Waals surface area contributed by atoms with Gasteiger partial charge in [-0.3, -0.25) is 0 Å². The number of nitrogens with zero attached hydrogens (tertiary/aromatic N) is 2. The first-order valence-electron chi connectivity index (χ1n) is 6.65. The lowest BCUT2D eigenvalue weighted by Gasteiger charge is -2.11. The lowest BCUT2D eigenvalue weighted by molar-refractivity contribution is 0.198. The fraction of sp³-hybridized carbons (Fsp3) is 0.400. The van der Waals surface area contributed by atoms with E-state index in [2.05, 4.69) is 9.55 Å². The molecule has 1 atom stereocenters. The van der Waals surface area contributed by atoms with Gasteiger partial charge in [-0.2, -0.15) is 0 Å².